The maximum absolute atomic E-state index is 13.0. The van der Waals surface area contributed by atoms with Crippen LogP contribution < -0.4 is 5.56 Å². The van der Waals surface area contributed by atoms with Crippen LogP contribution in [0.4, 0.5) is 0 Å². The van der Waals surface area contributed by atoms with Crippen LogP contribution in [0, 0.1) is 0 Å². The van der Waals surface area contributed by atoms with E-state index >= 15 is 0 Å². The van der Waals surface area contributed by atoms with Crippen molar-refractivity contribution < 1.29 is 4.79 Å². The zero-order valence-corrected chi connectivity index (χ0v) is 17.0. The van der Waals surface area contributed by atoms with Crippen LogP contribution in [0.15, 0.2) is 63.9 Å². The van der Waals surface area contributed by atoms with Gasteiger partial charge in [0, 0.05) is 4.88 Å². The first-order valence-corrected chi connectivity index (χ1v) is 11.2. The van der Waals surface area contributed by atoms with Gasteiger partial charge in [0.2, 0.25) is 0 Å². The predicted octanol–water partition coefficient (Wildman–Crippen LogP) is 5.05. The Morgan fingerprint density at radius 3 is 2.70 bits per heavy atom. The van der Waals surface area contributed by atoms with Crippen molar-refractivity contribution in [3.05, 3.63) is 74.0 Å². The summed E-state index contributed by atoms with van der Waals surface area (Å²) in [6, 6.07) is 15.1. The van der Waals surface area contributed by atoms with E-state index in [-0.39, 0.29) is 17.1 Å². The van der Waals surface area contributed by atoms with Gasteiger partial charge in [-0.3, -0.25) is 14.2 Å². The number of hydrogen-bond acceptors (Lipinski definition) is 6. The van der Waals surface area contributed by atoms with Gasteiger partial charge in [0.05, 0.1) is 21.7 Å². The molecular weight excluding hydrogens is 396 g/mol. The molecule has 27 heavy (non-hydrogen) atoms. The summed E-state index contributed by atoms with van der Waals surface area (Å²) in [5.74, 6) is 0.310. The molecule has 4 rings (SSSR count). The van der Waals surface area contributed by atoms with Gasteiger partial charge in [-0.05, 0) is 42.1 Å². The van der Waals surface area contributed by atoms with Crippen LogP contribution in [-0.4, -0.2) is 21.1 Å². The van der Waals surface area contributed by atoms with E-state index in [9.17, 15) is 9.59 Å². The van der Waals surface area contributed by atoms with Gasteiger partial charge in [0.15, 0.2) is 10.9 Å². The molecule has 0 aliphatic carbocycles. The number of nitrogens with zero attached hydrogens (tertiary/aromatic N) is 2. The van der Waals surface area contributed by atoms with E-state index in [0.29, 0.717) is 15.4 Å². The molecule has 0 unspecified atom stereocenters. The van der Waals surface area contributed by atoms with Crippen molar-refractivity contribution >= 4 is 50.4 Å². The number of carbonyl (C=O) groups is 1. The Labute approximate surface area is 168 Å². The zero-order valence-electron chi connectivity index (χ0n) is 14.5. The fourth-order valence-electron chi connectivity index (χ4n) is 2.72. The van der Waals surface area contributed by atoms with Gasteiger partial charge in [0.25, 0.3) is 5.56 Å². The van der Waals surface area contributed by atoms with Crippen LogP contribution in [0.2, 0.25) is 0 Å². The first-order valence-electron chi connectivity index (χ1n) is 8.47. The number of carbonyl (C=O) groups excluding carboxylic acids is 1. The highest BCUT2D eigenvalue weighted by atomic mass is 32.2. The number of thiophene rings is 2. The van der Waals surface area contributed by atoms with Crippen molar-refractivity contribution in [3.63, 3.8) is 0 Å². The number of para-hydroxylation sites is 1. The first kappa shape index (κ1) is 18.2. The Bertz CT molecular complexity index is 1160. The number of fused-ring (bicyclic) bond motifs is 1. The summed E-state index contributed by atoms with van der Waals surface area (Å²) >= 11 is 4.28. The molecular formula is C20H16N2O2S3. The van der Waals surface area contributed by atoms with Crippen LogP contribution in [0.5, 0.6) is 0 Å². The predicted molar refractivity (Wildman–Crippen MR) is 114 cm³/mol. The van der Waals surface area contributed by atoms with Crippen molar-refractivity contribution in [2.75, 3.05) is 5.75 Å². The van der Waals surface area contributed by atoms with Crippen molar-refractivity contribution in [2.45, 2.75) is 18.5 Å². The van der Waals surface area contributed by atoms with Gasteiger partial charge in [-0.1, -0.05) is 36.9 Å². The molecule has 0 saturated heterocycles. The molecule has 3 aromatic heterocycles. The third-order valence-corrected chi connectivity index (χ3v) is 7.11. The van der Waals surface area contributed by atoms with E-state index in [2.05, 4.69) is 11.9 Å². The van der Waals surface area contributed by atoms with E-state index in [1.54, 1.807) is 10.6 Å². The summed E-state index contributed by atoms with van der Waals surface area (Å²) in [6.45, 7) is 2.08. The van der Waals surface area contributed by atoms with E-state index in [4.69, 9.17) is 0 Å². The molecule has 7 heteroatoms. The molecule has 0 bridgehead atoms. The average molecular weight is 413 g/mol. The van der Waals surface area contributed by atoms with E-state index < -0.39 is 0 Å². The second-order valence-corrected chi connectivity index (χ2v) is 8.85. The van der Waals surface area contributed by atoms with Gasteiger partial charge >= 0.3 is 0 Å². The van der Waals surface area contributed by atoms with Gasteiger partial charge in [-0.25, -0.2) is 4.98 Å². The molecule has 0 fully saturated rings. The second kappa shape index (κ2) is 7.80. The van der Waals surface area contributed by atoms with Gasteiger partial charge in [-0.2, -0.15) is 0 Å². The van der Waals surface area contributed by atoms with Gasteiger partial charge < -0.3 is 0 Å². The number of aromatic nitrogens is 2. The Morgan fingerprint density at radius 1 is 1.15 bits per heavy atom. The van der Waals surface area contributed by atoms with E-state index in [0.717, 1.165) is 17.0 Å². The number of rotatable bonds is 6. The lowest BCUT2D eigenvalue weighted by molar-refractivity contribution is 0.102. The van der Waals surface area contributed by atoms with Crippen LogP contribution in [0.25, 0.3) is 15.9 Å². The quantitative estimate of drug-likeness (QED) is 0.253. The fraction of sp³-hybridized carbons (Fsp3) is 0.150. The lowest BCUT2D eigenvalue weighted by Crippen LogP contribution is -2.21. The van der Waals surface area contributed by atoms with Crippen molar-refractivity contribution in [1.82, 2.24) is 9.55 Å². The molecule has 0 aliphatic rings. The van der Waals surface area contributed by atoms with Gasteiger partial charge in [-0.15, -0.1) is 22.7 Å². The summed E-state index contributed by atoms with van der Waals surface area (Å²) < 4.78 is 1.60. The molecule has 0 N–H and O–H groups in total. The highest BCUT2D eigenvalue weighted by molar-refractivity contribution is 7.99. The number of Topliss-reactive ketones (excluding diaryl/α,β-unsaturated/α-hetero) is 1. The largest absolute Gasteiger partial charge is 0.292 e. The molecule has 0 saturated carbocycles. The topological polar surface area (TPSA) is 52.0 Å². The molecule has 4 aromatic rings. The van der Waals surface area contributed by atoms with Crippen molar-refractivity contribution in [3.8, 4) is 5.69 Å². The normalized spacial score (nSPS) is 11.1. The Kier molecular flexibility index (Phi) is 5.24. The first-order chi connectivity index (χ1) is 13.2. The van der Waals surface area contributed by atoms with Crippen LogP contribution >= 0.6 is 34.4 Å². The Balaban J connectivity index is 1.70. The van der Waals surface area contributed by atoms with Crippen LogP contribution in [0.3, 0.4) is 0 Å². The molecule has 1 aromatic carbocycles. The zero-order chi connectivity index (χ0) is 18.8. The molecule has 3 heterocycles. The second-order valence-electron chi connectivity index (χ2n) is 5.84. The Hall–Kier alpha value is -2.22. The lowest BCUT2D eigenvalue weighted by atomic mass is 10.3. The molecule has 4 nitrogen and oxygen atoms in total. The third kappa shape index (κ3) is 3.63. The monoisotopic (exact) mass is 412 g/mol. The highest BCUT2D eigenvalue weighted by Gasteiger charge is 2.16. The SMILES string of the molecule is CCc1ccc(C(=O)CSc2nc3sccc3c(=O)n2-c2ccccc2)s1. The third-order valence-electron chi connectivity index (χ3n) is 4.10. The smallest absolute Gasteiger partial charge is 0.267 e. The van der Waals surface area contributed by atoms with Gasteiger partial charge in [0.1, 0.15) is 4.83 Å². The standard InChI is InChI=1S/C20H16N2O2S3/c1-2-14-8-9-17(27-14)16(23)12-26-20-21-18-15(10-11-25-18)19(24)22(20)13-6-4-3-5-7-13/h3-11H,2,12H2,1H3. The highest BCUT2D eigenvalue weighted by Crippen LogP contribution is 2.25. The number of aryl methyl sites for hydroxylation is 1. The van der Waals surface area contributed by atoms with E-state index in [1.807, 2.05) is 47.8 Å². The minimum absolute atomic E-state index is 0.0600. The molecule has 0 atom stereocenters. The maximum Gasteiger partial charge on any atom is 0.267 e. The molecule has 0 amide bonds. The minimum atomic E-state index is -0.105. The fourth-order valence-corrected chi connectivity index (χ4v) is 5.39. The number of thioether (sulfide) groups is 1. The van der Waals surface area contributed by atoms with E-state index in [1.165, 1.54) is 39.3 Å². The minimum Gasteiger partial charge on any atom is -0.292 e. The average Bonchev–Trinajstić information content (AvgIpc) is 3.36. The lowest BCUT2D eigenvalue weighted by Gasteiger charge is -2.11. The maximum atomic E-state index is 13.0. The summed E-state index contributed by atoms with van der Waals surface area (Å²) in [6.07, 6.45) is 0.926. The Morgan fingerprint density at radius 2 is 1.96 bits per heavy atom. The molecule has 0 spiro atoms. The summed E-state index contributed by atoms with van der Waals surface area (Å²) in [5.41, 5.74) is 0.647. The molecule has 0 radical (unpaired) electrons. The molecule has 0 aliphatic heterocycles. The van der Waals surface area contributed by atoms with Crippen molar-refractivity contribution in [1.29, 1.82) is 0 Å². The van der Waals surface area contributed by atoms with Crippen LogP contribution in [0.1, 0.15) is 21.5 Å². The summed E-state index contributed by atoms with van der Waals surface area (Å²) in [4.78, 5) is 32.9. The number of ketones is 1. The molecule has 136 valence electrons. The number of hydrogen-bond donors (Lipinski definition) is 0. The summed E-state index contributed by atoms with van der Waals surface area (Å²) in [7, 11) is 0. The summed E-state index contributed by atoms with van der Waals surface area (Å²) in [5, 5.41) is 3.01. The number of benzene rings is 1. The van der Waals surface area contributed by atoms with Crippen LogP contribution in [-0.2, 0) is 6.42 Å². The van der Waals surface area contributed by atoms with Crippen molar-refractivity contribution in [2.24, 2.45) is 0 Å².